The number of fused-ring (bicyclic) bond motifs is 1. The average Bonchev–Trinajstić information content (AvgIpc) is 3.17. The number of hydrogen-bond donors (Lipinski definition) is 3. The van der Waals surface area contributed by atoms with Gasteiger partial charge in [0.05, 0.1) is 23.4 Å². The summed E-state index contributed by atoms with van der Waals surface area (Å²) >= 11 is 0. The van der Waals surface area contributed by atoms with Gasteiger partial charge < -0.3 is 20.7 Å². The maximum atomic E-state index is 13.8. The zero-order valence-electron chi connectivity index (χ0n) is 17.1. The van der Waals surface area contributed by atoms with E-state index < -0.39 is 23.7 Å². The van der Waals surface area contributed by atoms with Gasteiger partial charge in [-0.05, 0) is 35.9 Å². The summed E-state index contributed by atoms with van der Waals surface area (Å²) in [5.41, 5.74) is 3.64. The Bertz CT molecular complexity index is 1430. The number of aromatic nitrogens is 3. The molecular formula is C22H15F3N4O5. The highest BCUT2D eigenvalue weighted by molar-refractivity contribution is 6.02. The first-order chi connectivity index (χ1) is 16.1. The number of benzene rings is 2. The molecule has 9 nitrogen and oxygen atoms in total. The largest absolute Gasteiger partial charge is 0.464 e. The van der Waals surface area contributed by atoms with Crippen molar-refractivity contribution in [2.75, 3.05) is 0 Å². The number of nitrogens with zero attached hydrogens (tertiary/aromatic N) is 3. The van der Waals surface area contributed by atoms with E-state index in [4.69, 9.17) is 10.5 Å². The number of carboxylic acid groups (broad SMARTS) is 1. The van der Waals surface area contributed by atoms with E-state index in [0.29, 0.717) is 6.07 Å². The van der Waals surface area contributed by atoms with Gasteiger partial charge in [0.25, 0.3) is 0 Å². The molecule has 0 aliphatic heterocycles. The molecular weight excluding hydrogens is 457 g/mol. The predicted molar refractivity (Wildman–Crippen MR) is 112 cm³/mol. The number of carbonyl (C=O) groups excluding carboxylic acids is 1. The number of nitrogens with two attached hydrogens (primary N) is 1. The van der Waals surface area contributed by atoms with Gasteiger partial charge in [-0.1, -0.05) is 6.07 Å². The molecule has 0 unspecified atom stereocenters. The van der Waals surface area contributed by atoms with Gasteiger partial charge in [-0.25, -0.2) is 14.8 Å². The van der Waals surface area contributed by atoms with Crippen molar-refractivity contribution in [1.29, 1.82) is 0 Å². The Labute approximate surface area is 188 Å². The summed E-state index contributed by atoms with van der Waals surface area (Å²) in [6.45, 7) is -0.356. The Morgan fingerprint density at radius 1 is 1.06 bits per heavy atom. The van der Waals surface area contributed by atoms with Gasteiger partial charge >= 0.3 is 12.3 Å². The molecule has 0 fully saturated rings. The molecule has 1 amide bonds. The summed E-state index contributed by atoms with van der Waals surface area (Å²) in [6, 6.07) is 8.36. The lowest BCUT2D eigenvalue weighted by molar-refractivity contribution is -0.137. The number of amides is 1. The monoisotopic (exact) mass is 472 g/mol. The third-order valence-electron chi connectivity index (χ3n) is 4.96. The highest BCUT2D eigenvalue weighted by Crippen LogP contribution is 2.41. The van der Waals surface area contributed by atoms with Crippen LogP contribution in [-0.4, -0.2) is 36.7 Å². The van der Waals surface area contributed by atoms with E-state index in [2.05, 4.69) is 9.97 Å². The first-order valence-corrected chi connectivity index (χ1v) is 9.58. The van der Waals surface area contributed by atoms with E-state index in [1.54, 1.807) is 0 Å². The molecule has 4 rings (SSSR count). The van der Waals surface area contributed by atoms with Gasteiger partial charge in [-0.15, -0.1) is 0 Å². The minimum atomic E-state index is -4.85. The summed E-state index contributed by atoms with van der Waals surface area (Å²) in [5.74, 6) is -0.811. The van der Waals surface area contributed by atoms with Gasteiger partial charge in [0.2, 0.25) is 11.8 Å². The standard InChI is InChI=1S/C22H15F3N4O5/c23-22(24,25)17-5-11(20(26)31)1-3-14(17)16-8-29(21(32)33)18-4-2-13(7-15(16)18)34-19-6-12(9-30)27-10-28-19/h1-8,10,30H,9H2,(H2,26,31)(H,32,33). The fraction of sp³-hybridized carbons (Fsp3) is 0.0909. The lowest BCUT2D eigenvalue weighted by Crippen LogP contribution is -2.14. The highest BCUT2D eigenvalue weighted by atomic mass is 19.4. The molecule has 0 bridgehead atoms. The van der Waals surface area contributed by atoms with Crippen LogP contribution in [0.4, 0.5) is 18.0 Å². The zero-order valence-corrected chi connectivity index (χ0v) is 17.1. The minimum Gasteiger partial charge on any atom is -0.464 e. The summed E-state index contributed by atoms with van der Waals surface area (Å²) < 4.78 is 48.0. The summed E-state index contributed by atoms with van der Waals surface area (Å²) in [5, 5.41) is 18.9. The van der Waals surface area contributed by atoms with Crippen LogP contribution in [0.15, 0.2) is 55.0 Å². The molecule has 0 radical (unpaired) electrons. The molecule has 2 aromatic carbocycles. The number of hydrogen-bond acceptors (Lipinski definition) is 6. The second-order valence-corrected chi connectivity index (χ2v) is 7.10. The van der Waals surface area contributed by atoms with Crippen molar-refractivity contribution in [3.05, 3.63) is 71.8 Å². The highest BCUT2D eigenvalue weighted by Gasteiger charge is 2.35. The average molecular weight is 472 g/mol. The van der Waals surface area contributed by atoms with Crippen LogP contribution in [0.25, 0.3) is 22.0 Å². The van der Waals surface area contributed by atoms with Crippen molar-refractivity contribution in [3.8, 4) is 22.8 Å². The SMILES string of the molecule is NC(=O)c1ccc(-c2cn(C(=O)O)c3ccc(Oc4cc(CO)ncn4)cc23)c(C(F)(F)F)c1. The van der Waals surface area contributed by atoms with Crippen LogP contribution < -0.4 is 10.5 Å². The van der Waals surface area contributed by atoms with Gasteiger partial charge in [0, 0.05) is 28.8 Å². The second kappa shape index (κ2) is 8.48. The third-order valence-corrected chi connectivity index (χ3v) is 4.96. The molecule has 0 atom stereocenters. The molecule has 0 aliphatic rings. The van der Waals surface area contributed by atoms with E-state index in [1.165, 1.54) is 30.6 Å². The van der Waals surface area contributed by atoms with E-state index in [9.17, 15) is 33.0 Å². The maximum Gasteiger partial charge on any atom is 0.417 e. The fourth-order valence-electron chi connectivity index (χ4n) is 3.45. The van der Waals surface area contributed by atoms with Crippen molar-refractivity contribution in [2.24, 2.45) is 5.73 Å². The minimum absolute atomic E-state index is 0.0510. The van der Waals surface area contributed by atoms with Gasteiger partial charge in [0.1, 0.15) is 12.1 Å². The number of halogens is 3. The molecule has 2 heterocycles. The smallest absolute Gasteiger partial charge is 0.417 e. The number of alkyl halides is 3. The second-order valence-electron chi connectivity index (χ2n) is 7.10. The van der Waals surface area contributed by atoms with Crippen LogP contribution in [0.3, 0.4) is 0 Å². The van der Waals surface area contributed by atoms with Crippen LogP contribution in [0.1, 0.15) is 21.6 Å². The van der Waals surface area contributed by atoms with Crippen molar-refractivity contribution < 1.29 is 37.7 Å². The fourth-order valence-corrected chi connectivity index (χ4v) is 3.45. The zero-order chi connectivity index (χ0) is 24.6. The summed E-state index contributed by atoms with van der Waals surface area (Å²) in [7, 11) is 0. The van der Waals surface area contributed by atoms with Gasteiger partial charge in [-0.3, -0.25) is 9.36 Å². The Balaban J connectivity index is 1.91. The van der Waals surface area contributed by atoms with E-state index in [1.807, 2.05) is 0 Å². The Morgan fingerprint density at radius 3 is 2.47 bits per heavy atom. The first-order valence-electron chi connectivity index (χ1n) is 9.58. The molecule has 12 heteroatoms. The normalized spacial score (nSPS) is 11.5. The van der Waals surface area contributed by atoms with Crippen LogP contribution >= 0.6 is 0 Å². The molecule has 0 aliphatic carbocycles. The molecule has 2 aromatic heterocycles. The maximum absolute atomic E-state index is 13.8. The summed E-state index contributed by atoms with van der Waals surface area (Å²) in [6.07, 6.45) is -4.04. The van der Waals surface area contributed by atoms with Crippen LogP contribution in [0, 0.1) is 0 Å². The first kappa shape index (κ1) is 22.7. The number of aliphatic hydroxyl groups excluding tert-OH is 1. The topological polar surface area (TPSA) is 141 Å². The van der Waals surface area contributed by atoms with Crippen molar-refractivity contribution in [1.82, 2.24) is 14.5 Å². The Kier molecular flexibility index (Phi) is 5.67. The molecule has 4 N–H and O–H groups in total. The number of ether oxygens (including phenoxy) is 1. The predicted octanol–water partition coefficient (Wildman–Crippen LogP) is 4.03. The molecule has 34 heavy (non-hydrogen) atoms. The third kappa shape index (κ3) is 4.26. The molecule has 0 saturated heterocycles. The number of aliphatic hydroxyl groups is 1. The van der Waals surface area contributed by atoms with Crippen LogP contribution in [0.2, 0.25) is 0 Å². The van der Waals surface area contributed by atoms with E-state index in [0.717, 1.165) is 22.9 Å². The van der Waals surface area contributed by atoms with Gasteiger partial charge in [0.15, 0.2) is 0 Å². The van der Waals surface area contributed by atoms with Crippen LogP contribution in [-0.2, 0) is 12.8 Å². The Morgan fingerprint density at radius 2 is 1.82 bits per heavy atom. The number of rotatable bonds is 5. The van der Waals surface area contributed by atoms with E-state index >= 15 is 0 Å². The molecule has 0 saturated carbocycles. The molecule has 0 spiro atoms. The molecule has 4 aromatic rings. The quantitative estimate of drug-likeness (QED) is 0.398. The Hall–Kier alpha value is -4.45. The number of primary amides is 1. The lowest BCUT2D eigenvalue weighted by atomic mass is 9.96. The van der Waals surface area contributed by atoms with Gasteiger partial charge in [-0.2, -0.15) is 13.2 Å². The van der Waals surface area contributed by atoms with Crippen LogP contribution in [0.5, 0.6) is 11.6 Å². The van der Waals surface area contributed by atoms with E-state index in [-0.39, 0.29) is 51.5 Å². The number of carbonyl (C=O) groups is 2. The summed E-state index contributed by atoms with van der Waals surface area (Å²) in [4.78, 5) is 30.9. The lowest BCUT2D eigenvalue weighted by Gasteiger charge is -2.14. The van der Waals surface area contributed by atoms with Crippen molar-refractivity contribution in [3.63, 3.8) is 0 Å². The molecule has 174 valence electrons. The van der Waals surface area contributed by atoms with Crippen molar-refractivity contribution >= 4 is 22.9 Å². The van der Waals surface area contributed by atoms with Crippen molar-refractivity contribution in [2.45, 2.75) is 12.8 Å².